The van der Waals surface area contributed by atoms with Crippen LogP contribution in [0.25, 0.3) is 0 Å². The molecule has 2 aromatic rings. The summed E-state index contributed by atoms with van der Waals surface area (Å²) in [5.41, 5.74) is -4.67. The van der Waals surface area contributed by atoms with Crippen LogP contribution in [0.1, 0.15) is 23.2 Å². The zero-order valence-electron chi connectivity index (χ0n) is 14.9. The number of nitrogens with one attached hydrogen (secondary N) is 1. The molecule has 154 valence electrons. The van der Waals surface area contributed by atoms with Gasteiger partial charge in [-0.1, -0.05) is 0 Å². The van der Waals surface area contributed by atoms with Crippen LogP contribution in [-0.2, 0) is 4.79 Å². The molecule has 0 spiro atoms. The van der Waals surface area contributed by atoms with Gasteiger partial charge in [-0.05, 0) is 53.0 Å². The highest BCUT2D eigenvalue weighted by Crippen LogP contribution is 2.37. The number of thioether (sulfide) groups is 1. The molecular formula is C18H16BrF3N4O2S. The average molecular weight is 489 g/mol. The van der Waals surface area contributed by atoms with Crippen molar-refractivity contribution in [1.82, 2.24) is 14.9 Å². The Bertz CT molecular complexity index is 895. The van der Waals surface area contributed by atoms with Crippen LogP contribution < -0.4 is 5.32 Å². The molecule has 11 heteroatoms. The number of amides is 2. The zero-order valence-corrected chi connectivity index (χ0v) is 17.4. The van der Waals surface area contributed by atoms with Gasteiger partial charge in [0, 0.05) is 41.7 Å². The van der Waals surface area contributed by atoms with E-state index in [4.69, 9.17) is 0 Å². The minimum Gasteiger partial charge on any atom is -0.338 e. The first-order chi connectivity index (χ1) is 13.7. The number of carbonyl (C=O) groups is 2. The topological polar surface area (TPSA) is 75.2 Å². The molecule has 3 heterocycles. The first kappa shape index (κ1) is 21.6. The number of alkyl halides is 3. The lowest BCUT2D eigenvalue weighted by molar-refractivity contribution is -0.121. The number of aromatic nitrogens is 2. The van der Waals surface area contributed by atoms with Crippen LogP contribution in [0, 0.1) is 5.92 Å². The van der Waals surface area contributed by atoms with Crippen LogP contribution in [0.4, 0.5) is 19.0 Å². The normalized spacial score (nSPS) is 17.1. The van der Waals surface area contributed by atoms with Gasteiger partial charge in [-0.25, -0.2) is 9.97 Å². The highest BCUT2D eigenvalue weighted by atomic mass is 79.9. The van der Waals surface area contributed by atoms with Gasteiger partial charge in [0.25, 0.3) is 5.91 Å². The maximum Gasteiger partial charge on any atom is 0.447 e. The third-order valence-electron chi connectivity index (χ3n) is 4.27. The van der Waals surface area contributed by atoms with Gasteiger partial charge in [-0.3, -0.25) is 9.59 Å². The first-order valence-electron chi connectivity index (χ1n) is 8.65. The van der Waals surface area contributed by atoms with Crippen LogP contribution in [-0.4, -0.2) is 45.3 Å². The Balaban J connectivity index is 1.70. The van der Waals surface area contributed by atoms with Crippen LogP contribution >= 0.6 is 27.7 Å². The van der Waals surface area contributed by atoms with Crippen molar-refractivity contribution in [2.45, 2.75) is 23.4 Å². The predicted octanol–water partition coefficient (Wildman–Crippen LogP) is 4.34. The molecule has 2 aromatic heterocycles. The highest BCUT2D eigenvalue weighted by Gasteiger charge is 2.34. The Morgan fingerprint density at radius 1 is 1.24 bits per heavy atom. The largest absolute Gasteiger partial charge is 0.447 e. The second-order valence-electron chi connectivity index (χ2n) is 6.35. The highest BCUT2D eigenvalue weighted by molar-refractivity contribution is 9.10. The van der Waals surface area contributed by atoms with Crippen molar-refractivity contribution in [2.24, 2.45) is 5.92 Å². The minimum absolute atomic E-state index is 0.117. The molecular weight excluding hydrogens is 473 g/mol. The van der Waals surface area contributed by atoms with E-state index in [1.165, 1.54) is 23.2 Å². The van der Waals surface area contributed by atoms with E-state index in [2.05, 4.69) is 31.2 Å². The molecule has 6 nitrogen and oxygen atoms in total. The van der Waals surface area contributed by atoms with E-state index in [-0.39, 0.29) is 18.0 Å². The van der Waals surface area contributed by atoms with Crippen LogP contribution in [0.3, 0.4) is 0 Å². The maximum atomic E-state index is 12.8. The third kappa shape index (κ3) is 5.92. The summed E-state index contributed by atoms with van der Waals surface area (Å²) in [6, 6.07) is 6.12. The lowest BCUT2D eigenvalue weighted by atomic mass is 9.96. The smallest absolute Gasteiger partial charge is 0.338 e. The molecule has 1 unspecified atom stereocenters. The van der Waals surface area contributed by atoms with E-state index in [1.807, 2.05) is 0 Å². The number of hydrogen-bond donors (Lipinski definition) is 1. The molecule has 1 aliphatic heterocycles. The van der Waals surface area contributed by atoms with E-state index in [0.717, 1.165) is 4.47 Å². The van der Waals surface area contributed by atoms with Crippen LogP contribution in [0.2, 0.25) is 0 Å². The number of anilines is 1. The average Bonchev–Trinajstić information content (AvgIpc) is 2.68. The van der Waals surface area contributed by atoms with Crippen molar-refractivity contribution in [3.63, 3.8) is 0 Å². The second-order valence-corrected chi connectivity index (χ2v) is 8.31. The Morgan fingerprint density at radius 2 is 2.03 bits per heavy atom. The molecule has 0 saturated carbocycles. The van der Waals surface area contributed by atoms with Crippen LogP contribution in [0.15, 0.2) is 46.2 Å². The van der Waals surface area contributed by atoms with Crippen molar-refractivity contribution in [2.75, 3.05) is 18.4 Å². The molecule has 0 radical (unpaired) electrons. The molecule has 1 N–H and O–H groups in total. The summed E-state index contributed by atoms with van der Waals surface area (Å²) in [6.45, 7) is 0.483. The first-order valence-corrected chi connectivity index (χ1v) is 10.3. The van der Waals surface area contributed by atoms with Gasteiger partial charge in [0.05, 0.1) is 11.5 Å². The fraction of sp³-hybridized carbons (Fsp3) is 0.333. The molecule has 0 bridgehead atoms. The monoisotopic (exact) mass is 488 g/mol. The van der Waals surface area contributed by atoms with E-state index in [1.54, 1.807) is 18.3 Å². The molecule has 0 aromatic carbocycles. The minimum atomic E-state index is -4.55. The number of nitrogens with zero attached hydrogens (tertiary/aromatic N) is 3. The van der Waals surface area contributed by atoms with Gasteiger partial charge in [-0.15, -0.1) is 0 Å². The van der Waals surface area contributed by atoms with E-state index in [9.17, 15) is 22.8 Å². The van der Waals surface area contributed by atoms with Gasteiger partial charge >= 0.3 is 5.51 Å². The molecule has 3 rings (SSSR count). The molecule has 1 aliphatic rings. The van der Waals surface area contributed by atoms with Gasteiger partial charge < -0.3 is 10.2 Å². The predicted molar refractivity (Wildman–Crippen MR) is 105 cm³/mol. The summed E-state index contributed by atoms with van der Waals surface area (Å²) >= 11 is 2.84. The third-order valence-corrected chi connectivity index (χ3v) is 5.49. The summed E-state index contributed by atoms with van der Waals surface area (Å²) in [6.07, 6.45) is 3.90. The number of carbonyl (C=O) groups excluding carboxylic acids is 2. The number of likely N-dealkylation sites (tertiary alicyclic amines) is 1. The number of halogens is 4. The SMILES string of the molecule is O=C(Nc1ccc(Br)cn1)C1CCCN(C(=O)c2cccnc2SC(F)(F)F)C1. The van der Waals surface area contributed by atoms with Gasteiger partial charge in [0.1, 0.15) is 10.8 Å². The summed E-state index contributed by atoms with van der Waals surface area (Å²) < 4.78 is 39.1. The fourth-order valence-corrected chi connectivity index (χ4v) is 3.80. The van der Waals surface area contributed by atoms with Crippen LogP contribution in [0.5, 0.6) is 0 Å². The Hall–Kier alpha value is -2.14. The maximum absolute atomic E-state index is 12.8. The number of hydrogen-bond acceptors (Lipinski definition) is 5. The molecule has 1 atom stereocenters. The van der Waals surface area contributed by atoms with Gasteiger partial charge in [-0.2, -0.15) is 13.2 Å². The zero-order chi connectivity index (χ0) is 21.0. The van der Waals surface area contributed by atoms with Crippen molar-refractivity contribution in [1.29, 1.82) is 0 Å². The lowest BCUT2D eigenvalue weighted by Gasteiger charge is -2.32. The van der Waals surface area contributed by atoms with E-state index in [0.29, 0.717) is 25.2 Å². The quantitative estimate of drug-likeness (QED) is 0.647. The van der Waals surface area contributed by atoms with Crippen molar-refractivity contribution in [3.05, 3.63) is 46.7 Å². The van der Waals surface area contributed by atoms with Crippen molar-refractivity contribution in [3.8, 4) is 0 Å². The summed E-state index contributed by atoms with van der Waals surface area (Å²) in [4.78, 5) is 34.6. The Kier molecular flexibility index (Phi) is 6.78. The Morgan fingerprint density at radius 3 is 2.72 bits per heavy atom. The standard InChI is InChI=1S/C18H16BrF3N4O2S/c19-12-5-6-14(24-9-12)25-15(27)11-3-2-8-26(10-11)17(28)13-4-1-7-23-16(13)29-18(20,21)22/h1,4-7,9,11H,2-3,8,10H2,(H,24,25,27). The number of piperidine rings is 1. The van der Waals surface area contributed by atoms with Crippen molar-refractivity contribution >= 4 is 45.3 Å². The summed E-state index contributed by atoms with van der Waals surface area (Å²) in [5.74, 6) is -0.941. The Labute approximate surface area is 177 Å². The summed E-state index contributed by atoms with van der Waals surface area (Å²) in [7, 11) is 0. The number of pyridine rings is 2. The fourth-order valence-electron chi connectivity index (χ4n) is 2.97. The van der Waals surface area contributed by atoms with Crippen molar-refractivity contribution < 1.29 is 22.8 Å². The van der Waals surface area contributed by atoms with Gasteiger partial charge in [0.15, 0.2) is 0 Å². The lowest BCUT2D eigenvalue weighted by Crippen LogP contribution is -2.44. The van der Waals surface area contributed by atoms with E-state index >= 15 is 0 Å². The molecule has 0 aliphatic carbocycles. The van der Waals surface area contributed by atoms with Gasteiger partial charge in [0.2, 0.25) is 5.91 Å². The molecule has 1 saturated heterocycles. The molecule has 1 fully saturated rings. The molecule has 2 amide bonds. The van der Waals surface area contributed by atoms with E-state index < -0.39 is 34.1 Å². The number of rotatable bonds is 4. The molecule has 29 heavy (non-hydrogen) atoms. The summed E-state index contributed by atoms with van der Waals surface area (Å²) in [5, 5.41) is 2.31. The second kappa shape index (κ2) is 9.12.